The van der Waals surface area contributed by atoms with E-state index in [9.17, 15) is 8.42 Å². The summed E-state index contributed by atoms with van der Waals surface area (Å²) in [4.78, 5) is 0.495. The molecule has 2 nitrogen and oxygen atoms in total. The van der Waals surface area contributed by atoms with Gasteiger partial charge in [-0.15, -0.1) is 0 Å². The van der Waals surface area contributed by atoms with E-state index in [0.717, 1.165) is 24.2 Å². The molecule has 0 aromatic heterocycles. The molecule has 0 radical (unpaired) electrons. The van der Waals surface area contributed by atoms with Crippen LogP contribution in [-0.2, 0) is 9.84 Å². The molecule has 4 fully saturated rings. The van der Waals surface area contributed by atoms with E-state index in [4.69, 9.17) is 0 Å². The van der Waals surface area contributed by atoms with Gasteiger partial charge in [0.15, 0.2) is 9.84 Å². The van der Waals surface area contributed by atoms with Crippen LogP contribution in [0.3, 0.4) is 0 Å². The van der Waals surface area contributed by atoms with Crippen molar-refractivity contribution in [2.24, 2.45) is 23.2 Å². The topological polar surface area (TPSA) is 34.1 Å². The summed E-state index contributed by atoms with van der Waals surface area (Å²) >= 11 is 0. The largest absolute Gasteiger partial charge is 0.224 e. The molecule has 4 saturated carbocycles. The lowest BCUT2D eigenvalue weighted by atomic mass is 9.49. The van der Waals surface area contributed by atoms with Gasteiger partial charge in [0.25, 0.3) is 0 Å². The molecule has 114 valence electrons. The van der Waals surface area contributed by atoms with Crippen LogP contribution < -0.4 is 0 Å². The minimum absolute atomic E-state index is 0.336. The second kappa shape index (κ2) is 4.84. The number of hydrogen-bond acceptors (Lipinski definition) is 2. The molecule has 3 heteroatoms. The van der Waals surface area contributed by atoms with Gasteiger partial charge in [-0.2, -0.15) is 0 Å². The van der Waals surface area contributed by atoms with E-state index in [0.29, 0.717) is 16.1 Å². The number of benzene rings is 1. The molecule has 0 unspecified atom stereocenters. The van der Waals surface area contributed by atoms with Gasteiger partial charge in [0.05, 0.1) is 10.6 Å². The highest BCUT2D eigenvalue weighted by Gasteiger charge is 2.50. The Labute approximate surface area is 127 Å². The maximum Gasteiger partial charge on any atom is 0.178 e. The highest BCUT2D eigenvalue weighted by molar-refractivity contribution is 7.91. The first-order valence-corrected chi connectivity index (χ1v) is 9.98. The van der Waals surface area contributed by atoms with Gasteiger partial charge in [-0.25, -0.2) is 8.42 Å². The first-order chi connectivity index (χ1) is 10.0. The Bertz CT molecular complexity index is 583. The molecular weight excluding hydrogens is 280 g/mol. The van der Waals surface area contributed by atoms with Crippen LogP contribution in [0.15, 0.2) is 35.2 Å². The molecule has 1 aromatic carbocycles. The van der Waals surface area contributed by atoms with E-state index < -0.39 is 9.84 Å². The van der Waals surface area contributed by atoms with Crippen LogP contribution >= 0.6 is 0 Å². The molecule has 1 aromatic rings. The van der Waals surface area contributed by atoms with Crippen molar-refractivity contribution in [1.29, 1.82) is 0 Å². The molecule has 0 N–H and O–H groups in total. The summed E-state index contributed by atoms with van der Waals surface area (Å²) in [7, 11) is -3.10. The Kier molecular flexibility index (Phi) is 3.18. The van der Waals surface area contributed by atoms with Crippen molar-refractivity contribution in [3.05, 3.63) is 30.3 Å². The zero-order valence-corrected chi connectivity index (χ0v) is 13.3. The molecule has 4 aliphatic rings. The summed E-state index contributed by atoms with van der Waals surface area (Å²) in [5, 5.41) is 0. The van der Waals surface area contributed by atoms with Crippen LogP contribution in [0, 0.1) is 23.2 Å². The fourth-order valence-electron chi connectivity index (χ4n) is 5.69. The maximum atomic E-state index is 12.5. The van der Waals surface area contributed by atoms with Crippen molar-refractivity contribution >= 4 is 9.84 Å². The molecular formula is C18H24O2S. The first-order valence-electron chi connectivity index (χ1n) is 8.33. The van der Waals surface area contributed by atoms with Crippen LogP contribution in [0.4, 0.5) is 0 Å². The highest BCUT2D eigenvalue weighted by Crippen LogP contribution is 2.61. The number of rotatable bonds is 4. The average Bonchev–Trinajstić information content (AvgIpc) is 2.45. The quantitative estimate of drug-likeness (QED) is 0.840. The summed E-state index contributed by atoms with van der Waals surface area (Å²) < 4.78 is 25.1. The van der Waals surface area contributed by atoms with Gasteiger partial charge in [0, 0.05) is 0 Å². The third kappa shape index (κ3) is 2.54. The Balaban J connectivity index is 1.50. The molecule has 0 atom stereocenters. The predicted molar refractivity (Wildman–Crippen MR) is 83.7 cm³/mol. The van der Waals surface area contributed by atoms with Gasteiger partial charge < -0.3 is 0 Å². The molecule has 0 amide bonds. The lowest BCUT2D eigenvalue weighted by Crippen LogP contribution is -2.46. The SMILES string of the molecule is O=S(=O)(CCC12CC3CC(CC(C3)C1)C2)c1ccccc1. The first kappa shape index (κ1) is 13.8. The van der Waals surface area contributed by atoms with E-state index in [1.807, 2.05) is 18.2 Å². The molecule has 5 rings (SSSR count). The molecule has 0 spiro atoms. The normalized spacial score (nSPS) is 37.8. The van der Waals surface area contributed by atoms with Gasteiger partial charge >= 0.3 is 0 Å². The van der Waals surface area contributed by atoms with Gasteiger partial charge in [0.1, 0.15) is 0 Å². The average molecular weight is 304 g/mol. The van der Waals surface area contributed by atoms with Crippen LogP contribution in [0.2, 0.25) is 0 Å². The second-order valence-electron chi connectivity index (χ2n) is 7.80. The molecule has 4 bridgehead atoms. The van der Waals surface area contributed by atoms with E-state index in [2.05, 4.69) is 0 Å². The molecule has 21 heavy (non-hydrogen) atoms. The van der Waals surface area contributed by atoms with E-state index in [-0.39, 0.29) is 0 Å². The third-order valence-electron chi connectivity index (χ3n) is 6.17. The fourth-order valence-corrected chi connectivity index (χ4v) is 7.20. The summed E-state index contributed by atoms with van der Waals surface area (Å²) in [6, 6.07) is 8.97. The van der Waals surface area contributed by atoms with Crippen molar-refractivity contribution in [2.75, 3.05) is 5.75 Å². The third-order valence-corrected chi connectivity index (χ3v) is 7.90. The Morgan fingerprint density at radius 3 is 1.95 bits per heavy atom. The van der Waals surface area contributed by atoms with Crippen LogP contribution in [0.5, 0.6) is 0 Å². The van der Waals surface area contributed by atoms with Gasteiger partial charge in [-0.1, -0.05) is 18.2 Å². The van der Waals surface area contributed by atoms with Crippen molar-refractivity contribution < 1.29 is 8.42 Å². The van der Waals surface area contributed by atoms with Crippen LogP contribution in [0.1, 0.15) is 44.9 Å². The maximum absolute atomic E-state index is 12.5. The summed E-state index contributed by atoms with van der Waals surface area (Å²) in [5.74, 6) is 3.03. The van der Waals surface area contributed by atoms with Crippen molar-refractivity contribution in [3.63, 3.8) is 0 Å². The molecule has 0 heterocycles. The van der Waals surface area contributed by atoms with Crippen molar-refractivity contribution in [3.8, 4) is 0 Å². The standard InChI is InChI=1S/C18H24O2S/c19-21(20,17-4-2-1-3-5-17)7-6-18-11-14-8-15(12-18)10-16(9-14)13-18/h1-5,14-16H,6-13H2. The van der Waals surface area contributed by atoms with Gasteiger partial charge in [-0.3, -0.25) is 0 Å². The number of sulfone groups is 1. The summed E-state index contributed by atoms with van der Waals surface area (Å²) in [6.45, 7) is 0. The van der Waals surface area contributed by atoms with Gasteiger partial charge in [0.2, 0.25) is 0 Å². The fraction of sp³-hybridized carbons (Fsp3) is 0.667. The summed E-state index contributed by atoms with van der Waals surface area (Å²) in [6.07, 6.45) is 9.03. The molecule has 0 aliphatic heterocycles. The lowest BCUT2D eigenvalue weighted by molar-refractivity contribution is -0.0540. The minimum atomic E-state index is -3.10. The zero-order chi connectivity index (χ0) is 14.5. The summed E-state index contributed by atoms with van der Waals surface area (Å²) in [5.41, 5.74) is 0.358. The smallest absolute Gasteiger partial charge is 0.178 e. The van der Waals surface area contributed by atoms with Crippen LogP contribution in [-0.4, -0.2) is 14.2 Å². The van der Waals surface area contributed by atoms with Gasteiger partial charge in [-0.05, 0) is 80.2 Å². The van der Waals surface area contributed by atoms with Crippen molar-refractivity contribution in [1.82, 2.24) is 0 Å². The second-order valence-corrected chi connectivity index (χ2v) is 9.91. The Hall–Kier alpha value is -0.830. The number of hydrogen-bond donors (Lipinski definition) is 0. The predicted octanol–water partition coefficient (Wildman–Crippen LogP) is 4.07. The van der Waals surface area contributed by atoms with E-state index in [1.54, 1.807) is 12.1 Å². The Morgan fingerprint density at radius 1 is 0.905 bits per heavy atom. The van der Waals surface area contributed by atoms with E-state index >= 15 is 0 Å². The minimum Gasteiger partial charge on any atom is -0.224 e. The lowest BCUT2D eigenvalue weighted by Gasteiger charge is -2.57. The molecule has 4 aliphatic carbocycles. The van der Waals surface area contributed by atoms with Crippen molar-refractivity contribution in [2.45, 2.75) is 49.8 Å². The Morgan fingerprint density at radius 2 is 1.43 bits per heavy atom. The van der Waals surface area contributed by atoms with E-state index in [1.165, 1.54) is 38.5 Å². The highest BCUT2D eigenvalue weighted by atomic mass is 32.2. The monoisotopic (exact) mass is 304 g/mol. The molecule has 0 saturated heterocycles. The van der Waals surface area contributed by atoms with Crippen LogP contribution in [0.25, 0.3) is 0 Å². The zero-order valence-electron chi connectivity index (χ0n) is 12.5.